The SMILES string of the molecule is O=c1[nH]c(-c2ccccc2)nc2c1CN(Cc1cnccc1Cl)CC2. The molecule has 1 aliphatic heterocycles. The number of pyridine rings is 1. The fourth-order valence-corrected chi connectivity index (χ4v) is 3.28. The first-order valence-corrected chi connectivity index (χ1v) is 8.57. The number of nitrogens with one attached hydrogen (secondary N) is 1. The van der Waals surface area contributed by atoms with Crippen LogP contribution in [-0.2, 0) is 19.5 Å². The molecule has 2 aromatic heterocycles. The quantitative estimate of drug-likeness (QED) is 0.787. The number of hydrogen-bond acceptors (Lipinski definition) is 4. The zero-order valence-corrected chi connectivity index (χ0v) is 14.3. The summed E-state index contributed by atoms with van der Waals surface area (Å²) in [4.78, 5) is 26.5. The van der Waals surface area contributed by atoms with Crippen molar-refractivity contribution in [1.82, 2.24) is 19.9 Å². The van der Waals surface area contributed by atoms with Gasteiger partial charge in [-0.25, -0.2) is 4.98 Å². The summed E-state index contributed by atoms with van der Waals surface area (Å²) in [6.45, 7) is 2.08. The Balaban J connectivity index is 1.60. The van der Waals surface area contributed by atoms with E-state index in [2.05, 4.69) is 19.9 Å². The van der Waals surface area contributed by atoms with Gasteiger partial charge < -0.3 is 4.98 Å². The number of benzene rings is 1. The summed E-state index contributed by atoms with van der Waals surface area (Å²) >= 11 is 6.22. The van der Waals surface area contributed by atoms with Crippen LogP contribution in [-0.4, -0.2) is 26.4 Å². The maximum atomic E-state index is 12.6. The van der Waals surface area contributed by atoms with Gasteiger partial charge >= 0.3 is 0 Å². The standard InChI is InChI=1S/C19H17ClN4O/c20-16-6-8-21-10-14(16)11-24-9-7-17-15(12-24)19(25)23-18(22-17)13-4-2-1-3-5-13/h1-6,8,10H,7,9,11-12H2,(H,22,23,25). The Hall–Kier alpha value is -2.50. The van der Waals surface area contributed by atoms with E-state index in [1.807, 2.05) is 30.3 Å². The third-order valence-corrected chi connectivity index (χ3v) is 4.80. The summed E-state index contributed by atoms with van der Waals surface area (Å²) in [5.41, 5.74) is 3.46. The van der Waals surface area contributed by atoms with Gasteiger partial charge in [-0.1, -0.05) is 41.9 Å². The highest BCUT2D eigenvalue weighted by molar-refractivity contribution is 6.31. The lowest BCUT2D eigenvalue weighted by atomic mass is 10.1. The molecule has 0 spiro atoms. The van der Waals surface area contributed by atoms with Crippen LogP contribution in [0.4, 0.5) is 0 Å². The van der Waals surface area contributed by atoms with Crippen molar-refractivity contribution in [3.8, 4) is 11.4 Å². The van der Waals surface area contributed by atoms with E-state index in [-0.39, 0.29) is 5.56 Å². The molecule has 0 saturated heterocycles. The van der Waals surface area contributed by atoms with Crippen molar-refractivity contribution in [2.24, 2.45) is 0 Å². The van der Waals surface area contributed by atoms with Crippen molar-refractivity contribution in [2.45, 2.75) is 19.5 Å². The number of H-pyrrole nitrogens is 1. The van der Waals surface area contributed by atoms with Crippen LogP contribution in [0.3, 0.4) is 0 Å². The highest BCUT2D eigenvalue weighted by Gasteiger charge is 2.22. The molecule has 5 nitrogen and oxygen atoms in total. The van der Waals surface area contributed by atoms with Crippen molar-refractivity contribution in [3.63, 3.8) is 0 Å². The molecule has 25 heavy (non-hydrogen) atoms. The van der Waals surface area contributed by atoms with Crippen LogP contribution < -0.4 is 5.56 Å². The van der Waals surface area contributed by atoms with Crippen LogP contribution in [0.15, 0.2) is 53.6 Å². The van der Waals surface area contributed by atoms with E-state index in [9.17, 15) is 4.79 Å². The molecule has 126 valence electrons. The molecule has 1 aliphatic rings. The lowest BCUT2D eigenvalue weighted by molar-refractivity contribution is 0.241. The minimum atomic E-state index is -0.0640. The third-order valence-electron chi connectivity index (χ3n) is 4.43. The number of rotatable bonds is 3. The lowest BCUT2D eigenvalue weighted by Crippen LogP contribution is -2.35. The normalized spacial score (nSPS) is 14.3. The number of aromatic nitrogens is 3. The number of hydrogen-bond donors (Lipinski definition) is 1. The highest BCUT2D eigenvalue weighted by atomic mass is 35.5. The first kappa shape index (κ1) is 16.0. The van der Waals surface area contributed by atoms with Gasteiger partial charge in [0, 0.05) is 54.6 Å². The number of nitrogens with zero attached hydrogens (tertiary/aromatic N) is 3. The second-order valence-electron chi connectivity index (χ2n) is 6.13. The molecule has 0 aliphatic carbocycles. The zero-order valence-electron chi connectivity index (χ0n) is 13.6. The zero-order chi connectivity index (χ0) is 17.2. The molecule has 6 heteroatoms. The van der Waals surface area contributed by atoms with E-state index >= 15 is 0 Å². The van der Waals surface area contributed by atoms with Gasteiger partial charge in [0.1, 0.15) is 5.82 Å². The Morgan fingerprint density at radius 3 is 2.84 bits per heavy atom. The minimum Gasteiger partial charge on any atom is -0.306 e. The molecule has 3 heterocycles. The van der Waals surface area contributed by atoms with Crippen LogP contribution in [0.5, 0.6) is 0 Å². The second-order valence-corrected chi connectivity index (χ2v) is 6.54. The van der Waals surface area contributed by atoms with Gasteiger partial charge in [0.2, 0.25) is 0 Å². The van der Waals surface area contributed by atoms with Crippen molar-refractivity contribution in [3.05, 3.63) is 81.0 Å². The molecule has 1 aromatic carbocycles. The van der Waals surface area contributed by atoms with E-state index in [4.69, 9.17) is 11.6 Å². The first-order chi connectivity index (χ1) is 12.2. The molecule has 0 bridgehead atoms. The van der Waals surface area contributed by atoms with Gasteiger partial charge in [0.25, 0.3) is 5.56 Å². The Bertz CT molecular complexity index is 955. The van der Waals surface area contributed by atoms with E-state index in [1.54, 1.807) is 18.5 Å². The van der Waals surface area contributed by atoms with Crippen molar-refractivity contribution >= 4 is 11.6 Å². The molecule has 0 amide bonds. The van der Waals surface area contributed by atoms with Crippen LogP contribution in [0.25, 0.3) is 11.4 Å². The molecule has 0 saturated carbocycles. The van der Waals surface area contributed by atoms with Crippen LogP contribution in [0.2, 0.25) is 5.02 Å². The third kappa shape index (κ3) is 3.34. The van der Waals surface area contributed by atoms with Gasteiger partial charge in [-0.2, -0.15) is 0 Å². The van der Waals surface area contributed by atoms with Gasteiger partial charge in [-0.15, -0.1) is 0 Å². The van der Waals surface area contributed by atoms with Gasteiger partial charge in [-0.3, -0.25) is 14.7 Å². The number of fused-ring (bicyclic) bond motifs is 1. The Labute approximate surface area is 150 Å². The summed E-state index contributed by atoms with van der Waals surface area (Å²) in [6, 6.07) is 11.5. The van der Waals surface area contributed by atoms with E-state index < -0.39 is 0 Å². The van der Waals surface area contributed by atoms with Crippen LogP contribution in [0, 0.1) is 0 Å². The second kappa shape index (κ2) is 6.78. The van der Waals surface area contributed by atoms with Gasteiger partial charge in [0.05, 0.1) is 11.3 Å². The summed E-state index contributed by atoms with van der Waals surface area (Å²) in [7, 11) is 0. The first-order valence-electron chi connectivity index (χ1n) is 8.19. The van der Waals surface area contributed by atoms with Crippen molar-refractivity contribution < 1.29 is 0 Å². The molecule has 0 atom stereocenters. The maximum Gasteiger partial charge on any atom is 0.255 e. The fourth-order valence-electron chi connectivity index (χ4n) is 3.12. The van der Waals surface area contributed by atoms with Crippen LogP contribution in [0.1, 0.15) is 16.8 Å². The minimum absolute atomic E-state index is 0.0640. The maximum absolute atomic E-state index is 12.6. The Kier molecular flexibility index (Phi) is 4.34. The molecule has 0 unspecified atom stereocenters. The molecule has 1 N–H and O–H groups in total. The average molecular weight is 353 g/mol. The average Bonchev–Trinajstić information content (AvgIpc) is 2.65. The molecule has 4 rings (SSSR count). The predicted molar refractivity (Wildman–Crippen MR) is 97.4 cm³/mol. The monoisotopic (exact) mass is 352 g/mol. The fraction of sp³-hybridized carbons (Fsp3) is 0.211. The predicted octanol–water partition coefficient (Wildman–Crippen LogP) is 3.04. The van der Waals surface area contributed by atoms with Gasteiger partial charge in [-0.05, 0) is 6.07 Å². The number of aromatic amines is 1. The summed E-state index contributed by atoms with van der Waals surface area (Å²) < 4.78 is 0. The smallest absolute Gasteiger partial charge is 0.255 e. The van der Waals surface area contributed by atoms with Crippen LogP contribution >= 0.6 is 11.6 Å². The van der Waals surface area contributed by atoms with E-state index in [0.717, 1.165) is 35.3 Å². The Morgan fingerprint density at radius 2 is 2.04 bits per heavy atom. The van der Waals surface area contributed by atoms with Crippen molar-refractivity contribution in [2.75, 3.05) is 6.54 Å². The molecule has 0 fully saturated rings. The highest BCUT2D eigenvalue weighted by Crippen LogP contribution is 2.22. The molecule has 0 radical (unpaired) electrons. The largest absolute Gasteiger partial charge is 0.306 e. The van der Waals surface area contributed by atoms with E-state index in [1.165, 1.54) is 0 Å². The summed E-state index contributed by atoms with van der Waals surface area (Å²) in [6.07, 6.45) is 4.20. The topological polar surface area (TPSA) is 61.9 Å². The van der Waals surface area contributed by atoms with Gasteiger partial charge in [0.15, 0.2) is 0 Å². The summed E-state index contributed by atoms with van der Waals surface area (Å²) in [5.74, 6) is 0.633. The van der Waals surface area contributed by atoms with E-state index in [0.29, 0.717) is 23.9 Å². The molecular weight excluding hydrogens is 336 g/mol. The molecular formula is C19H17ClN4O. The molecule has 3 aromatic rings. The number of halogens is 1. The summed E-state index contributed by atoms with van der Waals surface area (Å²) in [5, 5.41) is 0.701. The Morgan fingerprint density at radius 1 is 1.20 bits per heavy atom. The lowest BCUT2D eigenvalue weighted by Gasteiger charge is -2.27. The van der Waals surface area contributed by atoms with Crippen molar-refractivity contribution in [1.29, 1.82) is 0 Å².